The SMILES string of the molecule is CCCCCCCCCCC[C@H](CC(=O)NC1C(OC(=O)C[C@@H](CCCCCCCCCCC)OCCCCCC)[C@H](OP(=O)(O)O)C(CO)C[C@H]1OC[C@H](NC(=O)C[C@@H](CCCCCCCCCCC)OCCCCCC)C(=O)O)OCCCCCC. The molecule has 1 saturated carbocycles. The van der Waals surface area contributed by atoms with Gasteiger partial charge in [-0.1, -0.05) is 273 Å². The van der Waals surface area contributed by atoms with Crippen LogP contribution in [0.3, 0.4) is 0 Å². The number of carboxylic acid groups (broad SMARTS) is 1. The molecule has 0 spiro atoms. The lowest BCUT2D eigenvalue weighted by molar-refractivity contribution is -0.181. The molecule has 0 aromatic carbocycles. The molecule has 88 heavy (non-hydrogen) atoms. The van der Waals surface area contributed by atoms with Crippen LogP contribution in [0.4, 0.5) is 0 Å². The number of aliphatic hydroxyl groups is 1. The molecule has 0 radical (unpaired) electrons. The molecule has 18 heteroatoms. The van der Waals surface area contributed by atoms with Gasteiger partial charge in [0.25, 0.3) is 0 Å². The van der Waals surface area contributed by atoms with Gasteiger partial charge in [0, 0.05) is 32.3 Å². The van der Waals surface area contributed by atoms with E-state index in [-0.39, 0.29) is 25.7 Å². The first-order valence-corrected chi connectivity index (χ1v) is 38.0. The second-order valence-electron chi connectivity index (χ2n) is 25.7. The van der Waals surface area contributed by atoms with Gasteiger partial charge < -0.3 is 54.3 Å². The summed E-state index contributed by atoms with van der Waals surface area (Å²) in [6.07, 6.45) is 38.0. The number of nitrogens with one attached hydrogen (secondary N) is 2. The van der Waals surface area contributed by atoms with Gasteiger partial charge in [-0.05, 0) is 44.9 Å². The monoisotopic (exact) mass is 1270 g/mol. The maximum Gasteiger partial charge on any atom is 0.469 e. The number of carbonyl (C=O) groups is 4. The Morgan fingerprint density at radius 3 is 1.16 bits per heavy atom. The zero-order chi connectivity index (χ0) is 64.7. The van der Waals surface area contributed by atoms with Crippen molar-refractivity contribution in [2.24, 2.45) is 5.92 Å². The second kappa shape index (κ2) is 57.5. The highest BCUT2D eigenvalue weighted by atomic mass is 31.2. The third kappa shape index (κ3) is 46.0. The molecule has 2 amide bonds. The summed E-state index contributed by atoms with van der Waals surface area (Å²) in [6, 6.07) is -2.91. The lowest BCUT2D eigenvalue weighted by Gasteiger charge is -2.45. The number of rotatable bonds is 64. The molecule has 0 saturated heterocycles. The van der Waals surface area contributed by atoms with Crippen molar-refractivity contribution in [2.45, 2.75) is 386 Å². The highest BCUT2D eigenvalue weighted by Crippen LogP contribution is 2.44. The Bertz CT molecular complexity index is 1710. The smallest absolute Gasteiger partial charge is 0.469 e. The van der Waals surface area contributed by atoms with Gasteiger partial charge >= 0.3 is 19.8 Å². The number of phosphoric acid groups is 1. The summed E-state index contributed by atoms with van der Waals surface area (Å²) in [7, 11) is -5.34. The quantitative estimate of drug-likeness (QED) is 0.0188. The zero-order valence-corrected chi connectivity index (χ0v) is 57.9. The molecule has 9 atom stereocenters. The number of ether oxygens (including phenoxy) is 5. The first kappa shape index (κ1) is 83.8. The molecule has 0 aromatic rings. The summed E-state index contributed by atoms with van der Waals surface area (Å²) in [4.78, 5) is 76.9. The molecule has 0 aromatic heterocycles. The van der Waals surface area contributed by atoms with Gasteiger partial charge in [-0.2, -0.15) is 0 Å². The molecule has 1 fully saturated rings. The molecule has 0 bridgehead atoms. The molecule has 6 N–H and O–H groups in total. The Hall–Kier alpha value is -2.21. The summed E-state index contributed by atoms with van der Waals surface area (Å²) >= 11 is 0. The highest BCUT2D eigenvalue weighted by Gasteiger charge is 2.51. The Morgan fingerprint density at radius 2 is 0.807 bits per heavy atom. The van der Waals surface area contributed by atoms with Crippen molar-refractivity contribution < 1.29 is 72.0 Å². The van der Waals surface area contributed by atoms with Gasteiger partial charge in [-0.15, -0.1) is 0 Å². The van der Waals surface area contributed by atoms with Gasteiger partial charge in [-0.3, -0.25) is 18.9 Å². The second-order valence-corrected chi connectivity index (χ2v) is 26.9. The van der Waals surface area contributed by atoms with Crippen LogP contribution in [0.2, 0.25) is 0 Å². The Morgan fingerprint density at radius 1 is 0.466 bits per heavy atom. The summed E-state index contributed by atoms with van der Waals surface area (Å²) in [6.45, 7) is 13.2. The predicted molar refractivity (Wildman–Crippen MR) is 354 cm³/mol. The number of carbonyl (C=O) groups excluding carboxylic acids is 3. The highest BCUT2D eigenvalue weighted by molar-refractivity contribution is 7.46. The van der Waals surface area contributed by atoms with E-state index in [4.69, 9.17) is 28.2 Å². The van der Waals surface area contributed by atoms with E-state index in [0.717, 1.165) is 148 Å². The molecule has 3 unspecified atom stereocenters. The van der Waals surface area contributed by atoms with Crippen molar-refractivity contribution in [1.29, 1.82) is 0 Å². The molecule has 17 nitrogen and oxygen atoms in total. The van der Waals surface area contributed by atoms with E-state index in [2.05, 4.69) is 52.2 Å². The van der Waals surface area contributed by atoms with Crippen LogP contribution in [0, 0.1) is 5.92 Å². The largest absolute Gasteiger partial charge is 0.480 e. The summed E-state index contributed by atoms with van der Waals surface area (Å²) in [5.41, 5.74) is 0. The van der Waals surface area contributed by atoms with Gasteiger partial charge in [0.1, 0.15) is 6.10 Å². The first-order chi connectivity index (χ1) is 42.7. The fourth-order valence-corrected chi connectivity index (χ4v) is 12.7. The van der Waals surface area contributed by atoms with Crippen LogP contribution in [0.15, 0.2) is 0 Å². The van der Waals surface area contributed by atoms with Gasteiger partial charge in [0.05, 0.1) is 56.3 Å². The van der Waals surface area contributed by atoms with Crippen molar-refractivity contribution in [3.63, 3.8) is 0 Å². The Labute approximate surface area is 536 Å². The predicted octanol–water partition coefficient (Wildman–Crippen LogP) is 16.7. The van der Waals surface area contributed by atoms with Crippen LogP contribution in [0.1, 0.15) is 337 Å². The fraction of sp³-hybridized carbons (Fsp3) is 0.943. The molecule has 1 aliphatic carbocycles. The molecule has 1 rings (SSSR count). The van der Waals surface area contributed by atoms with Crippen molar-refractivity contribution in [2.75, 3.05) is 33.0 Å². The van der Waals surface area contributed by atoms with E-state index in [9.17, 15) is 43.7 Å². The lowest BCUT2D eigenvalue weighted by atomic mass is 9.79. The topological polar surface area (TPSA) is 246 Å². The van der Waals surface area contributed by atoms with Gasteiger partial charge in [0.15, 0.2) is 12.1 Å². The van der Waals surface area contributed by atoms with Crippen molar-refractivity contribution in [1.82, 2.24) is 10.6 Å². The third-order valence-corrected chi connectivity index (χ3v) is 18.0. The molecular weight excluding hydrogens is 1140 g/mol. The maximum absolute atomic E-state index is 14.6. The number of carboxylic acids is 1. The summed E-state index contributed by atoms with van der Waals surface area (Å²) in [5, 5.41) is 27.3. The number of aliphatic hydroxyl groups excluding tert-OH is 1. The van der Waals surface area contributed by atoms with E-state index in [1.807, 2.05) is 0 Å². The standard InChI is InChI=1S/C70H135N2O15P/c1-7-13-19-25-28-31-34-37-40-46-59(82-49-43-22-16-10-4)53-64(74)71-62(70(77)78)57-85-63-52-58(56-73)68(87-88(79,80)81)69(86-66(76)55-61(84-51-45-24-18-12-6)48-42-39-36-33-30-27-21-15-9-3)67(63)72-65(75)54-60(83-50-44-23-17-11-5)47-41-38-35-32-29-26-20-14-8-2/h58-63,67-69,73H,7-57H2,1-6H3,(H,71,74)(H,72,75)(H,77,78)(H2,79,80,81)/t58?,59-,60-,61-,62+,63-,67?,68-,69?/m1/s1. The van der Waals surface area contributed by atoms with E-state index in [0.29, 0.717) is 39.1 Å². The molecule has 520 valence electrons. The third-order valence-electron chi connectivity index (χ3n) is 17.4. The van der Waals surface area contributed by atoms with Gasteiger partial charge in [0.2, 0.25) is 11.8 Å². The molecule has 1 aliphatic rings. The minimum atomic E-state index is -5.34. The average molecular weight is 1280 g/mol. The average Bonchev–Trinajstić information content (AvgIpc) is 3.19. The van der Waals surface area contributed by atoms with Crippen molar-refractivity contribution in [3.05, 3.63) is 0 Å². The van der Waals surface area contributed by atoms with E-state index >= 15 is 0 Å². The summed E-state index contributed by atoms with van der Waals surface area (Å²) < 4.78 is 50.1. The zero-order valence-electron chi connectivity index (χ0n) is 57.0. The van der Waals surface area contributed by atoms with Crippen LogP contribution in [-0.2, 0) is 52.0 Å². The molecule has 0 heterocycles. The minimum Gasteiger partial charge on any atom is -0.480 e. The lowest BCUT2D eigenvalue weighted by Crippen LogP contribution is -2.64. The molecule has 0 aliphatic heterocycles. The van der Waals surface area contributed by atoms with E-state index < -0.39 is 99.4 Å². The number of amides is 2. The number of phosphoric ester groups is 1. The minimum absolute atomic E-state index is 0.0494. The first-order valence-electron chi connectivity index (χ1n) is 36.5. The van der Waals surface area contributed by atoms with Crippen molar-refractivity contribution in [3.8, 4) is 0 Å². The van der Waals surface area contributed by atoms with Crippen LogP contribution < -0.4 is 10.6 Å². The number of esters is 1. The normalized spacial score (nSPS) is 18.4. The van der Waals surface area contributed by atoms with Crippen LogP contribution in [0.25, 0.3) is 0 Å². The van der Waals surface area contributed by atoms with E-state index in [1.54, 1.807) is 0 Å². The van der Waals surface area contributed by atoms with Crippen LogP contribution in [-0.4, -0.2) is 125 Å². The van der Waals surface area contributed by atoms with Crippen LogP contribution >= 0.6 is 7.82 Å². The number of aliphatic carboxylic acids is 1. The molecular formula is C70H135N2O15P. The van der Waals surface area contributed by atoms with Crippen LogP contribution in [0.5, 0.6) is 0 Å². The van der Waals surface area contributed by atoms with E-state index in [1.165, 1.54) is 103 Å². The maximum atomic E-state index is 14.6. The Balaban J connectivity index is 3.66. The van der Waals surface area contributed by atoms with Gasteiger partial charge in [-0.25, -0.2) is 9.36 Å². The van der Waals surface area contributed by atoms with Crippen molar-refractivity contribution >= 4 is 31.6 Å². The number of hydrogen-bond donors (Lipinski definition) is 6. The number of unbranched alkanes of at least 4 members (excludes halogenated alkanes) is 33. The summed E-state index contributed by atoms with van der Waals surface area (Å²) in [5.74, 6) is -4.26. The fourth-order valence-electron chi connectivity index (χ4n) is 12.0. The Kier molecular flexibility index (Phi) is 54.7. The number of hydrogen-bond acceptors (Lipinski definition) is 12.